The first-order valence-corrected chi connectivity index (χ1v) is 48.0. The van der Waals surface area contributed by atoms with Crippen LogP contribution >= 0.6 is 11.8 Å². The maximum atomic E-state index is 14.6. The van der Waals surface area contributed by atoms with Gasteiger partial charge in [0.15, 0.2) is 5.43 Å². The third-order valence-electron chi connectivity index (χ3n) is 24.2. The van der Waals surface area contributed by atoms with E-state index in [1.807, 2.05) is 91.8 Å². The molecule has 5 aromatic rings. The van der Waals surface area contributed by atoms with Gasteiger partial charge < -0.3 is 105 Å². The van der Waals surface area contributed by atoms with Gasteiger partial charge in [0.05, 0.1) is 17.7 Å². The van der Waals surface area contributed by atoms with Crippen molar-refractivity contribution in [3.05, 3.63) is 142 Å². The standard InChI is InChI=1S/C99H136N14O22S/c1-9-58(6)79(111-88(120)43-63(21-17-36-100)103-84(116)35-38-136-56-94(126)107-65-25-30-74(77(42-65)99(133)134)98-75-31-28-71(114)50-82(75)135-83-51-72(115)29-32-76(83)98)52-91(123)108-68(39-57(4)5)46-85(117)105-66(26-33-95(127)128)45-90(122)113-81(60(8)11-3)54-93(125)110-70(41-62-55-102-78-24-16-15-23-73(62)78)48-87(119)104-64(22-18-37-101)44-89(121)112-80(59(7)10-2)53-92(124)109-69(40-61-19-13-12-14-20-61)47-86(118)106-67(49-97(131)132)27-34-96(129)130/h12-16,19-20,23-25,28-32,42,50-51,55,57-60,63-64,66-70,79-81,102,114H,9-11,17-18,21-22,26-27,33-41,43-49,52-54,56,100-101H2,1-8H3,(H,103,116)(H,104,119)(H,105,117)(H,106,118)(H,107,126)(H,108,123)(H,109,124)(H,110,125)(H,111,120)(H,112,121)(H,113,122)(H,127,128)(H,129,130)(H,131,132)(H,133,134)/t58-,59-,60-,63-,64-,66-,67-,68-,69-,70-,79-,80-,81-/m0/s1. The van der Waals surface area contributed by atoms with Crippen LogP contribution in [0.25, 0.3) is 44.3 Å². The number of amides is 11. The zero-order valence-electron chi connectivity index (χ0n) is 78.8. The van der Waals surface area contributed by atoms with E-state index in [4.69, 9.17) is 15.9 Å². The van der Waals surface area contributed by atoms with E-state index in [9.17, 15) is 102 Å². The first-order chi connectivity index (χ1) is 64.8. The molecule has 0 fully saturated rings. The summed E-state index contributed by atoms with van der Waals surface area (Å²) in [7, 11) is 0. The molecule has 7 rings (SSSR count). The number of hydrogen-bond donors (Lipinski definition) is 19. The molecule has 1 aliphatic heterocycles. The molecule has 4 aromatic carbocycles. The number of nitrogens with two attached hydrogens (primary N) is 2. The lowest BCUT2D eigenvalue weighted by atomic mass is 9.90. The van der Waals surface area contributed by atoms with Crippen molar-refractivity contribution >= 4 is 128 Å². The highest BCUT2D eigenvalue weighted by Crippen LogP contribution is 2.43. The molecule has 0 saturated carbocycles. The Balaban J connectivity index is 0.929. The molecule has 0 spiro atoms. The van der Waals surface area contributed by atoms with Gasteiger partial charge in [-0.2, -0.15) is 11.8 Å². The first kappa shape index (κ1) is 110. The molecule has 11 amide bonds. The molecule has 37 heteroatoms. The predicted octanol–water partition coefficient (Wildman–Crippen LogP) is 9.22. The number of H-pyrrole nitrogens is 1. The summed E-state index contributed by atoms with van der Waals surface area (Å²) in [6, 6.07) is 21.3. The van der Waals surface area contributed by atoms with Gasteiger partial charge in [-0.3, -0.25) is 71.9 Å². The lowest BCUT2D eigenvalue weighted by Gasteiger charge is -2.28. The van der Waals surface area contributed by atoms with Gasteiger partial charge in [-0.1, -0.05) is 129 Å². The van der Waals surface area contributed by atoms with Crippen LogP contribution in [0.3, 0.4) is 0 Å². The molecule has 0 unspecified atom stereocenters. The van der Waals surface area contributed by atoms with Crippen LogP contribution in [-0.4, -0.2) is 204 Å². The minimum atomic E-state index is -1.30. The Hall–Kier alpha value is -12.8. The van der Waals surface area contributed by atoms with E-state index in [0.717, 1.165) is 33.8 Å². The topological polar surface area (TPSA) is 588 Å². The van der Waals surface area contributed by atoms with Gasteiger partial charge in [-0.15, -0.1) is 0 Å². The number of aromatic amines is 1. The summed E-state index contributed by atoms with van der Waals surface area (Å²) in [6.07, 6.45) is 1.63. The van der Waals surface area contributed by atoms with Crippen LogP contribution in [0.4, 0.5) is 5.69 Å². The normalized spacial score (nSPS) is 14.3. The molecule has 740 valence electrons. The van der Waals surface area contributed by atoms with Crippen molar-refractivity contribution in [2.24, 2.45) is 35.1 Å². The number of phenolic OH excluding ortho intramolecular Hbond substituents is 1. The number of hydrogen-bond acceptors (Lipinski definition) is 21. The Bertz CT molecular complexity index is 5240. The highest BCUT2D eigenvalue weighted by atomic mass is 32.2. The number of carbonyl (C=O) groups is 15. The summed E-state index contributed by atoms with van der Waals surface area (Å²) in [4.78, 5) is 218. The van der Waals surface area contributed by atoms with Crippen LogP contribution in [0.15, 0.2) is 125 Å². The number of fused-ring (bicyclic) bond motifs is 3. The second kappa shape index (κ2) is 56.6. The minimum absolute atomic E-state index is 0.0347. The number of carbonyl (C=O) groups excluding carboxylic acids is 11. The number of rotatable bonds is 62. The van der Waals surface area contributed by atoms with E-state index in [-0.39, 0.29) is 184 Å². The molecule has 0 radical (unpaired) electrons. The number of para-hydroxylation sites is 1. The lowest BCUT2D eigenvalue weighted by molar-refractivity contribution is -0.140. The Morgan fingerprint density at radius 3 is 1.38 bits per heavy atom. The van der Waals surface area contributed by atoms with Crippen LogP contribution in [0.2, 0.25) is 0 Å². The van der Waals surface area contributed by atoms with Crippen LogP contribution in [0.1, 0.15) is 225 Å². The number of aromatic hydroxyl groups is 1. The van der Waals surface area contributed by atoms with Crippen molar-refractivity contribution in [3.8, 4) is 28.2 Å². The third kappa shape index (κ3) is 38.5. The predicted molar refractivity (Wildman–Crippen MR) is 517 cm³/mol. The Labute approximate surface area is 796 Å². The average Bonchev–Trinajstić information content (AvgIpc) is 0.805. The summed E-state index contributed by atoms with van der Waals surface area (Å²) in [5.41, 5.74) is 15.3. The summed E-state index contributed by atoms with van der Waals surface area (Å²) in [6.45, 7) is 15.5. The summed E-state index contributed by atoms with van der Waals surface area (Å²) >= 11 is 1.15. The molecular weight excluding hydrogens is 1770 g/mol. The molecular formula is C99H136N14O22S. The maximum absolute atomic E-state index is 14.6. The van der Waals surface area contributed by atoms with Gasteiger partial charge in [0.25, 0.3) is 0 Å². The number of anilines is 1. The van der Waals surface area contributed by atoms with Gasteiger partial charge in [0.1, 0.15) is 17.1 Å². The molecule has 1 aliphatic carbocycles. The number of thioether (sulfide) groups is 1. The fourth-order valence-electron chi connectivity index (χ4n) is 16.5. The largest absolute Gasteiger partial charge is 0.508 e. The number of nitrogens with one attached hydrogen (secondary N) is 12. The second-order valence-corrected chi connectivity index (χ2v) is 36.9. The van der Waals surface area contributed by atoms with Gasteiger partial charge in [-0.05, 0) is 154 Å². The number of aromatic carboxylic acids is 1. The number of aromatic nitrogens is 1. The fourth-order valence-corrected chi connectivity index (χ4v) is 17.2. The second-order valence-electron chi connectivity index (χ2n) is 35.8. The molecule has 0 saturated heterocycles. The Morgan fingerprint density at radius 1 is 0.426 bits per heavy atom. The van der Waals surface area contributed by atoms with Crippen molar-refractivity contribution in [2.75, 3.05) is 29.9 Å². The molecule has 136 heavy (non-hydrogen) atoms. The molecule has 2 heterocycles. The number of phenols is 1. The quantitative estimate of drug-likeness (QED) is 0.0125. The van der Waals surface area contributed by atoms with E-state index in [1.54, 1.807) is 30.5 Å². The van der Waals surface area contributed by atoms with Crippen LogP contribution < -0.4 is 75.4 Å². The van der Waals surface area contributed by atoms with Crippen LogP contribution in [0, 0.1) is 23.7 Å². The molecule has 2 aliphatic rings. The number of carboxylic acid groups (broad SMARTS) is 4. The van der Waals surface area contributed by atoms with Gasteiger partial charge in [-0.25, -0.2) is 4.79 Å². The molecule has 21 N–H and O–H groups in total. The zero-order valence-corrected chi connectivity index (χ0v) is 79.6. The van der Waals surface area contributed by atoms with Crippen molar-refractivity contribution < 1.29 is 102 Å². The van der Waals surface area contributed by atoms with E-state index in [2.05, 4.69) is 63.5 Å². The van der Waals surface area contributed by atoms with Crippen molar-refractivity contribution in [1.82, 2.24) is 58.2 Å². The van der Waals surface area contributed by atoms with E-state index in [0.29, 0.717) is 61.5 Å². The molecule has 0 bridgehead atoms. The monoisotopic (exact) mass is 1900 g/mol. The number of aliphatic carboxylic acids is 3. The van der Waals surface area contributed by atoms with Gasteiger partial charge >= 0.3 is 23.9 Å². The van der Waals surface area contributed by atoms with E-state index in [1.165, 1.54) is 48.5 Å². The Morgan fingerprint density at radius 2 is 0.875 bits per heavy atom. The SMILES string of the molecule is CC[C@H](C)[C@H](CC(=O)N[C@H](CC(=O)N[C@@H](CCC(=O)O)CC(=O)N[C@@H](CC(=O)N[C@H](CC(=O)N[C@@H](CCCN)CC(=O)N[C@@H](CC(=O)N[C@H](CC(=O)N[C@@H](CCC(=O)O)CC(=O)O)Cc1ccccc1)[C@@H](C)CC)Cc1c[nH]c2ccccc12)[C@@H](C)CC)CC(C)C)NC(=O)C[C@H](CCCN)NC(=O)CCSCC(=O)Nc1ccc(-c2c3ccc(=O)cc-3oc3cc(O)ccc23)c(C(=O)O)c1. The van der Waals surface area contributed by atoms with E-state index < -0.39 is 169 Å². The van der Waals surface area contributed by atoms with E-state index >= 15 is 0 Å². The molecule has 1 aromatic heterocycles. The third-order valence-corrected chi connectivity index (χ3v) is 25.1. The van der Waals surface area contributed by atoms with Crippen molar-refractivity contribution in [1.29, 1.82) is 0 Å². The summed E-state index contributed by atoms with van der Waals surface area (Å²) < 4.78 is 5.93. The maximum Gasteiger partial charge on any atom is 0.336 e. The number of carboxylic acids is 4. The van der Waals surface area contributed by atoms with Crippen LogP contribution in [0.5, 0.6) is 5.75 Å². The summed E-state index contributed by atoms with van der Waals surface area (Å²) in [5, 5.41) is 82.6. The lowest BCUT2D eigenvalue weighted by Crippen LogP contribution is -2.49. The average molecular weight is 1910 g/mol. The fraction of sp³-hybridized carbons (Fsp3) is 0.515. The molecule has 36 nitrogen and oxygen atoms in total. The van der Waals surface area contributed by atoms with Gasteiger partial charge in [0, 0.05) is 195 Å². The molecule has 13 atom stereocenters. The minimum Gasteiger partial charge on any atom is -0.508 e. The highest BCUT2D eigenvalue weighted by Gasteiger charge is 2.34. The number of benzene rings is 5. The van der Waals surface area contributed by atoms with Crippen LogP contribution in [-0.2, 0) is 80.0 Å². The summed E-state index contributed by atoms with van der Waals surface area (Å²) in [5.74, 6) is -11.2. The smallest absolute Gasteiger partial charge is 0.336 e. The van der Waals surface area contributed by atoms with Crippen molar-refractivity contribution in [2.45, 2.75) is 276 Å². The van der Waals surface area contributed by atoms with Crippen molar-refractivity contribution in [3.63, 3.8) is 0 Å². The Kier molecular flexibility index (Phi) is 45.8. The highest BCUT2D eigenvalue weighted by molar-refractivity contribution is 7.99. The zero-order chi connectivity index (χ0) is 99.7. The first-order valence-electron chi connectivity index (χ1n) is 46.8. The van der Waals surface area contributed by atoms with Gasteiger partial charge in [0.2, 0.25) is 65.0 Å².